The van der Waals surface area contributed by atoms with Gasteiger partial charge < -0.3 is 25.0 Å². The third-order valence-electron chi connectivity index (χ3n) is 5.70. The summed E-state index contributed by atoms with van der Waals surface area (Å²) in [4.78, 5) is 27.3. The van der Waals surface area contributed by atoms with Crippen molar-refractivity contribution in [1.29, 1.82) is 0 Å². The van der Waals surface area contributed by atoms with E-state index in [1.807, 2.05) is 30.3 Å². The Bertz CT molecular complexity index is 1180. The van der Waals surface area contributed by atoms with Gasteiger partial charge in [0.2, 0.25) is 0 Å². The minimum Gasteiger partial charge on any atom is -0.490 e. The van der Waals surface area contributed by atoms with Gasteiger partial charge in [-0.05, 0) is 79.9 Å². The minimum atomic E-state index is -0.363. The molecule has 2 amide bonds. The molecule has 0 fully saturated rings. The monoisotopic (exact) mass is 534 g/mol. The maximum Gasteiger partial charge on any atom is 0.257 e. The first kappa shape index (κ1) is 28.6. The summed E-state index contributed by atoms with van der Waals surface area (Å²) in [6.07, 6.45) is 0. The van der Waals surface area contributed by atoms with Crippen LogP contribution in [0.4, 0.5) is 5.69 Å². The number of amides is 2. The number of hydrogen-bond donors (Lipinski definition) is 3. The SMILES string of the molecule is CCN(CC)CCNC(=O)c1ccc(NC(=S)NC(=O)c2cccc(OCCOc3ccccc3)c2)cc1. The Morgan fingerprint density at radius 1 is 0.789 bits per heavy atom. The Morgan fingerprint density at radius 2 is 1.45 bits per heavy atom. The molecule has 0 aliphatic rings. The number of nitrogens with one attached hydrogen (secondary N) is 3. The number of para-hydroxylation sites is 1. The maximum absolute atomic E-state index is 12.7. The van der Waals surface area contributed by atoms with Gasteiger partial charge >= 0.3 is 0 Å². The number of benzene rings is 3. The highest BCUT2D eigenvalue weighted by molar-refractivity contribution is 7.80. The third kappa shape index (κ3) is 9.49. The maximum atomic E-state index is 12.7. The van der Waals surface area contributed by atoms with E-state index in [2.05, 4.69) is 34.7 Å². The van der Waals surface area contributed by atoms with Gasteiger partial charge in [-0.1, -0.05) is 38.1 Å². The molecule has 0 unspecified atom stereocenters. The van der Waals surface area contributed by atoms with Crippen LogP contribution in [0.25, 0.3) is 0 Å². The average Bonchev–Trinajstić information content (AvgIpc) is 2.94. The summed E-state index contributed by atoms with van der Waals surface area (Å²) < 4.78 is 11.3. The Balaban J connectivity index is 1.42. The van der Waals surface area contributed by atoms with E-state index in [1.165, 1.54) is 0 Å². The van der Waals surface area contributed by atoms with Crippen LogP contribution in [-0.2, 0) is 0 Å². The number of likely N-dealkylation sites (N-methyl/N-ethyl adjacent to an activating group) is 1. The largest absolute Gasteiger partial charge is 0.490 e. The number of carbonyl (C=O) groups excluding carboxylic acids is 2. The summed E-state index contributed by atoms with van der Waals surface area (Å²) in [5, 5.41) is 8.71. The average molecular weight is 535 g/mol. The molecular formula is C29H34N4O4S. The molecule has 200 valence electrons. The highest BCUT2D eigenvalue weighted by Crippen LogP contribution is 2.15. The molecule has 0 bridgehead atoms. The molecule has 0 aliphatic carbocycles. The molecule has 0 saturated carbocycles. The van der Waals surface area contributed by atoms with Crippen LogP contribution in [-0.4, -0.2) is 61.2 Å². The molecule has 38 heavy (non-hydrogen) atoms. The van der Waals surface area contributed by atoms with Gasteiger partial charge in [0.15, 0.2) is 5.11 Å². The second-order valence-corrected chi connectivity index (χ2v) is 8.71. The fraction of sp³-hybridized carbons (Fsp3) is 0.276. The molecule has 0 aromatic heterocycles. The second kappa shape index (κ2) is 15.3. The van der Waals surface area contributed by atoms with Crippen LogP contribution in [0.15, 0.2) is 78.9 Å². The first-order valence-corrected chi connectivity index (χ1v) is 13.0. The van der Waals surface area contributed by atoms with Gasteiger partial charge in [0.25, 0.3) is 11.8 Å². The Hall–Kier alpha value is -3.95. The van der Waals surface area contributed by atoms with E-state index in [9.17, 15) is 9.59 Å². The van der Waals surface area contributed by atoms with Gasteiger partial charge in [0.1, 0.15) is 24.7 Å². The standard InChI is InChI=1S/C29H34N4O4S/c1-3-33(4-2)18-17-30-27(34)22-13-15-24(16-14-22)31-29(38)32-28(35)23-9-8-12-26(21-23)37-20-19-36-25-10-6-5-7-11-25/h5-16,21H,3-4,17-20H2,1-2H3,(H,30,34)(H2,31,32,35,38). The predicted octanol–water partition coefficient (Wildman–Crippen LogP) is 4.34. The van der Waals surface area contributed by atoms with E-state index in [4.69, 9.17) is 21.7 Å². The number of hydrogen-bond acceptors (Lipinski definition) is 6. The van der Waals surface area contributed by atoms with Gasteiger partial charge in [-0.25, -0.2) is 0 Å². The molecule has 3 rings (SSSR count). The van der Waals surface area contributed by atoms with E-state index in [-0.39, 0.29) is 16.9 Å². The molecule has 0 aliphatic heterocycles. The van der Waals surface area contributed by atoms with Gasteiger partial charge in [-0.3, -0.25) is 14.9 Å². The first-order chi connectivity index (χ1) is 18.5. The van der Waals surface area contributed by atoms with Gasteiger partial charge in [0.05, 0.1) is 0 Å². The lowest BCUT2D eigenvalue weighted by atomic mass is 10.2. The zero-order valence-corrected chi connectivity index (χ0v) is 22.6. The van der Waals surface area contributed by atoms with Crippen molar-refractivity contribution in [1.82, 2.24) is 15.5 Å². The Morgan fingerprint density at radius 3 is 2.13 bits per heavy atom. The summed E-state index contributed by atoms with van der Waals surface area (Å²) in [6.45, 7) is 8.21. The van der Waals surface area contributed by atoms with Crippen LogP contribution in [0.1, 0.15) is 34.6 Å². The molecule has 0 saturated heterocycles. The van der Waals surface area contributed by atoms with Crippen LogP contribution < -0.4 is 25.4 Å². The lowest BCUT2D eigenvalue weighted by Gasteiger charge is -2.18. The number of ether oxygens (including phenoxy) is 2. The summed E-state index contributed by atoms with van der Waals surface area (Å²) in [6, 6.07) is 23.2. The number of nitrogens with zero attached hydrogens (tertiary/aromatic N) is 1. The number of anilines is 1. The topological polar surface area (TPSA) is 91.9 Å². The van der Waals surface area contributed by atoms with E-state index in [0.717, 1.165) is 25.4 Å². The number of rotatable bonds is 13. The summed E-state index contributed by atoms with van der Waals surface area (Å²) in [7, 11) is 0. The molecule has 0 heterocycles. The van der Waals surface area contributed by atoms with Crippen LogP contribution in [0, 0.1) is 0 Å². The molecule has 0 radical (unpaired) electrons. The van der Waals surface area contributed by atoms with E-state index in [0.29, 0.717) is 42.3 Å². The fourth-order valence-corrected chi connectivity index (χ4v) is 3.79. The smallest absolute Gasteiger partial charge is 0.257 e. The van der Waals surface area contributed by atoms with E-state index < -0.39 is 0 Å². The van der Waals surface area contributed by atoms with Crippen LogP contribution in [0.3, 0.4) is 0 Å². The normalized spacial score (nSPS) is 10.5. The Labute approximate surface area is 229 Å². The lowest BCUT2D eigenvalue weighted by Crippen LogP contribution is -2.35. The molecule has 3 N–H and O–H groups in total. The minimum absolute atomic E-state index is 0.131. The second-order valence-electron chi connectivity index (χ2n) is 8.31. The molecule has 8 nitrogen and oxygen atoms in total. The molecule has 3 aromatic rings. The zero-order valence-electron chi connectivity index (χ0n) is 21.7. The molecule has 3 aromatic carbocycles. The highest BCUT2D eigenvalue weighted by atomic mass is 32.1. The summed E-state index contributed by atoms with van der Waals surface area (Å²) in [5.41, 5.74) is 1.62. The van der Waals surface area contributed by atoms with Gasteiger partial charge in [-0.2, -0.15) is 0 Å². The van der Waals surface area contributed by atoms with Gasteiger partial charge in [0, 0.05) is 29.9 Å². The lowest BCUT2D eigenvalue weighted by molar-refractivity contribution is 0.0947. The number of thiocarbonyl (C=S) groups is 1. The molecule has 0 atom stereocenters. The van der Waals surface area contributed by atoms with Crippen molar-refractivity contribution < 1.29 is 19.1 Å². The van der Waals surface area contributed by atoms with E-state index >= 15 is 0 Å². The summed E-state index contributed by atoms with van der Waals surface area (Å²) in [5.74, 6) is 0.833. The van der Waals surface area contributed by atoms with Crippen LogP contribution in [0.5, 0.6) is 11.5 Å². The third-order valence-corrected chi connectivity index (χ3v) is 5.90. The van der Waals surface area contributed by atoms with Crippen LogP contribution >= 0.6 is 12.2 Å². The van der Waals surface area contributed by atoms with Crippen LogP contribution in [0.2, 0.25) is 0 Å². The van der Waals surface area contributed by atoms with Crippen molar-refractivity contribution in [3.05, 3.63) is 90.0 Å². The molecule has 9 heteroatoms. The number of carbonyl (C=O) groups is 2. The van der Waals surface area contributed by atoms with Crippen molar-refractivity contribution >= 4 is 34.8 Å². The van der Waals surface area contributed by atoms with E-state index in [1.54, 1.807) is 48.5 Å². The Kier molecular flexibility index (Phi) is 11.5. The van der Waals surface area contributed by atoms with Crippen molar-refractivity contribution in [3.63, 3.8) is 0 Å². The van der Waals surface area contributed by atoms with Crippen molar-refractivity contribution in [2.45, 2.75) is 13.8 Å². The quantitative estimate of drug-likeness (QED) is 0.222. The predicted molar refractivity (Wildman–Crippen MR) is 154 cm³/mol. The summed E-state index contributed by atoms with van der Waals surface area (Å²) >= 11 is 5.29. The van der Waals surface area contributed by atoms with Crippen molar-refractivity contribution in [2.75, 3.05) is 44.7 Å². The van der Waals surface area contributed by atoms with Gasteiger partial charge in [-0.15, -0.1) is 0 Å². The fourth-order valence-electron chi connectivity index (χ4n) is 3.57. The molecular weight excluding hydrogens is 500 g/mol. The first-order valence-electron chi connectivity index (χ1n) is 12.6. The highest BCUT2D eigenvalue weighted by Gasteiger charge is 2.10. The molecule has 0 spiro atoms. The van der Waals surface area contributed by atoms with Crippen molar-refractivity contribution in [2.24, 2.45) is 0 Å². The zero-order chi connectivity index (χ0) is 27.2. The van der Waals surface area contributed by atoms with Crippen molar-refractivity contribution in [3.8, 4) is 11.5 Å².